The monoisotopic (exact) mass is 534 g/mol. The quantitative estimate of drug-likeness (QED) is 0.284. The highest BCUT2D eigenvalue weighted by atomic mass is 35.5. The molecule has 8 heteroatoms. The van der Waals surface area contributed by atoms with Gasteiger partial charge in [0.25, 0.3) is 0 Å². The average Bonchev–Trinajstić information content (AvgIpc) is 3.22. The molecule has 0 aliphatic carbocycles. The zero-order chi connectivity index (χ0) is 25.8. The number of nitrogens with zero attached hydrogens (tertiary/aromatic N) is 4. The summed E-state index contributed by atoms with van der Waals surface area (Å²) in [5.74, 6) is 1.05. The second kappa shape index (κ2) is 12.6. The Labute approximate surface area is 231 Å². The molecule has 0 amide bonds. The summed E-state index contributed by atoms with van der Waals surface area (Å²) in [5, 5.41) is 14.3. The molecule has 0 saturated carbocycles. The third kappa shape index (κ3) is 6.65. The summed E-state index contributed by atoms with van der Waals surface area (Å²) in [7, 11) is 0. The van der Waals surface area contributed by atoms with E-state index in [0.29, 0.717) is 24.8 Å². The number of pyridine rings is 1. The molecule has 0 spiro atoms. The highest BCUT2D eigenvalue weighted by molar-refractivity contribution is 5.85. The van der Waals surface area contributed by atoms with Crippen molar-refractivity contribution in [3.8, 4) is 5.75 Å². The van der Waals surface area contributed by atoms with Gasteiger partial charge in [-0.3, -0.25) is 4.98 Å². The number of nitrogens with one attached hydrogen (secondary N) is 1. The van der Waals surface area contributed by atoms with Gasteiger partial charge < -0.3 is 25.6 Å². The standard InChI is InChI=1S/C30H38N6O.ClH/c1-21-4-3-5-23(18-21)7-8-24-9-10-26-28(19-24)36(20-27-29(37)11-6-22(2)32-27)30(34-26)33-25-12-15-35(16-13-25)17-14-31;/h3-6,9-11,18-19,25,37H,7-8,12-17,20,31H2,1-2H3,(H,33,34);1H. The van der Waals surface area contributed by atoms with Crippen LogP contribution in [-0.2, 0) is 19.4 Å². The third-order valence-electron chi connectivity index (χ3n) is 7.36. The van der Waals surface area contributed by atoms with E-state index in [-0.39, 0.29) is 18.2 Å². The van der Waals surface area contributed by atoms with Gasteiger partial charge in [0.2, 0.25) is 5.95 Å². The van der Waals surface area contributed by atoms with Gasteiger partial charge in [0.1, 0.15) is 11.4 Å². The zero-order valence-corrected chi connectivity index (χ0v) is 23.2. The molecule has 2 aromatic heterocycles. The first-order valence-electron chi connectivity index (χ1n) is 13.4. The van der Waals surface area contributed by atoms with Crippen LogP contribution < -0.4 is 11.1 Å². The fourth-order valence-corrected chi connectivity index (χ4v) is 5.29. The number of aryl methyl sites for hydroxylation is 4. The van der Waals surface area contributed by atoms with Crippen LogP contribution in [0.4, 0.5) is 5.95 Å². The van der Waals surface area contributed by atoms with Gasteiger partial charge in [-0.05, 0) is 74.9 Å². The van der Waals surface area contributed by atoms with Crippen LogP contribution >= 0.6 is 12.4 Å². The van der Waals surface area contributed by atoms with Gasteiger partial charge in [-0.25, -0.2) is 4.98 Å². The van der Waals surface area contributed by atoms with Crippen LogP contribution in [0, 0.1) is 13.8 Å². The number of hydrogen-bond acceptors (Lipinski definition) is 6. The number of imidazole rings is 1. The fourth-order valence-electron chi connectivity index (χ4n) is 5.29. The highest BCUT2D eigenvalue weighted by Gasteiger charge is 2.22. The van der Waals surface area contributed by atoms with E-state index in [1.165, 1.54) is 16.7 Å². The number of aromatic hydroxyl groups is 1. The molecule has 3 heterocycles. The first kappa shape index (κ1) is 27.9. The molecule has 7 nitrogen and oxygen atoms in total. The number of halogens is 1. The smallest absolute Gasteiger partial charge is 0.204 e. The van der Waals surface area contributed by atoms with Crippen LogP contribution in [0.3, 0.4) is 0 Å². The number of aromatic nitrogens is 3. The minimum atomic E-state index is 0. The van der Waals surface area contributed by atoms with Crippen LogP contribution in [0.15, 0.2) is 54.6 Å². The first-order chi connectivity index (χ1) is 18.0. The van der Waals surface area contributed by atoms with Gasteiger partial charge in [-0.1, -0.05) is 35.9 Å². The molecular weight excluding hydrogens is 496 g/mol. The maximum Gasteiger partial charge on any atom is 0.204 e. The number of nitrogens with two attached hydrogens (primary N) is 1. The maximum atomic E-state index is 10.6. The molecule has 4 N–H and O–H groups in total. The van der Waals surface area contributed by atoms with Crippen molar-refractivity contribution in [2.24, 2.45) is 5.73 Å². The molecule has 1 saturated heterocycles. The zero-order valence-electron chi connectivity index (χ0n) is 22.4. The summed E-state index contributed by atoms with van der Waals surface area (Å²) in [6.07, 6.45) is 4.06. The van der Waals surface area contributed by atoms with E-state index in [4.69, 9.17) is 10.7 Å². The topological polar surface area (TPSA) is 92.2 Å². The lowest BCUT2D eigenvalue weighted by Gasteiger charge is -2.32. The summed E-state index contributed by atoms with van der Waals surface area (Å²) >= 11 is 0. The number of anilines is 1. The van der Waals surface area contributed by atoms with E-state index in [0.717, 1.165) is 68.0 Å². The Hall–Kier alpha value is -3.13. The first-order valence-corrected chi connectivity index (χ1v) is 13.4. The Morgan fingerprint density at radius 3 is 2.47 bits per heavy atom. The lowest BCUT2D eigenvalue weighted by atomic mass is 10.0. The number of hydrogen-bond donors (Lipinski definition) is 3. The van der Waals surface area contributed by atoms with Crippen molar-refractivity contribution in [1.82, 2.24) is 19.4 Å². The fraction of sp³-hybridized carbons (Fsp3) is 0.400. The van der Waals surface area contributed by atoms with Crippen LogP contribution in [0.25, 0.3) is 11.0 Å². The molecule has 4 aromatic rings. The Balaban J connectivity index is 0.00000336. The summed E-state index contributed by atoms with van der Waals surface area (Å²) in [6, 6.07) is 19.2. The number of likely N-dealkylation sites (tertiary alicyclic amines) is 1. The normalized spacial score (nSPS) is 14.5. The van der Waals surface area contributed by atoms with Gasteiger partial charge in [-0.15, -0.1) is 12.4 Å². The summed E-state index contributed by atoms with van der Waals surface area (Å²) in [6.45, 7) is 8.28. The lowest BCUT2D eigenvalue weighted by molar-refractivity contribution is 0.224. The molecule has 202 valence electrons. The second-order valence-electron chi connectivity index (χ2n) is 10.3. The van der Waals surface area contributed by atoms with Crippen molar-refractivity contribution in [2.75, 3.05) is 31.5 Å². The van der Waals surface area contributed by atoms with Crippen molar-refractivity contribution < 1.29 is 5.11 Å². The lowest BCUT2D eigenvalue weighted by Crippen LogP contribution is -2.41. The van der Waals surface area contributed by atoms with E-state index in [2.05, 4.69) is 69.2 Å². The van der Waals surface area contributed by atoms with E-state index in [1.807, 2.05) is 13.0 Å². The van der Waals surface area contributed by atoms with Gasteiger partial charge in [0.05, 0.1) is 17.6 Å². The van der Waals surface area contributed by atoms with E-state index < -0.39 is 0 Å². The second-order valence-corrected chi connectivity index (χ2v) is 10.3. The molecule has 1 aliphatic rings. The Kier molecular flexibility index (Phi) is 9.26. The SMILES string of the molecule is Cc1cccc(CCc2ccc3nc(NC4CCN(CCN)CC4)n(Cc4nc(C)ccc4O)c3c2)c1.Cl. The third-order valence-corrected chi connectivity index (χ3v) is 7.36. The van der Waals surface area contributed by atoms with Gasteiger partial charge >= 0.3 is 0 Å². The Morgan fingerprint density at radius 2 is 1.74 bits per heavy atom. The predicted molar refractivity (Wildman–Crippen MR) is 157 cm³/mol. The van der Waals surface area contributed by atoms with Crippen molar-refractivity contribution in [3.63, 3.8) is 0 Å². The Bertz CT molecular complexity index is 1360. The van der Waals surface area contributed by atoms with Gasteiger partial charge in [-0.2, -0.15) is 0 Å². The van der Waals surface area contributed by atoms with Gasteiger partial charge in [0.15, 0.2) is 0 Å². The molecule has 0 bridgehead atoms. The minimum Gasteiger partial charge on any atom is -0.506 e. The van der Waals surface area contributed by atoms with Crippen molar-refractivity contribution >= 4 is 29.4 Å². The molecular formula is C30H39ClN6O. The van der Waals surface area contributed by atoms with Gasteiger partial charge in [0, 0.05) is 37.9 Å². The molecule has 1 aliphatic heterocycles. The van der Waals surface area contributed by atoms with Crippen LogP contribution in [0.2, 0.25) is 0 Å². The average molecular weight is 535 g/mol. The predicted octanol–water partition coefficient (Wildman–Crippen LogP) is 4.84. The molecule has 2 aromatic carbocycles. The highest BCUT2D eigenvalue weighted by Crippen LogP contribution is 2.27. The molecule has 38 heavy (non-hydrogen) atoms. The number of piperidine rings is 1. The summed E-state index contributed by atoms with van der Waals surface area (Å²) in [5.41, 5.74) is 13.2. The Morgan fingerprint density at radius 1 is 0.974 bits per heavy atom. The maximum absolute atomic E-state index is 10.6. The van der Waals surface area contributed by atoms with E-state index in [9.17, 15) is 5.11 Å². The van der Waals surface area contributed by atoms with Crippen LogP contribution in [-0.4, -0.2) is 56.8 Å². The van der Waals surface area contributed by atoms with Crippen molar-refractivity contribution in [2.45, 2.75) is 52.1 Å². The molecule has 0 unspecified atom stereocenters. The van der Waals surface area contributed by atoms with E-state index >= 15 is 0 Å². The number of fused-ring (bicyclic) bond motifs is 1. The summed E-state index contributed by atoms with van der Waals surface area (Å²) in [4.78, 5) is 12.1. The van der Waals surface area contributed by atoms with Crippen molar-refractivity contribution in [1.29, 1.82) is 0 Å². The molecule has 1 fully saturated rings. The van der Waals surface area contributed by atoms with Crippen LogP contribution in [0.1, 0.15) is 40.9 Å². The number of rotatable bonds is 9. The molecule has 5 rings (SSSR count). The number of benzene rings is 2. The van der Waals surface area contributed by atoms with Crippen molar-refractivity contribution in [3.05, 3.63) is 82.7 Å². The molecule has 0 atom stereocenters. The largest absolute Gasteiger partial charge is 0.506 e. The van der Waals surface area contributed by atoms with E-state index in [1.54, 1.807) is 6.07 Å². The van der Waals surface area contributed by atoms with Crippen LogP contribution in [0.5, 0.6) is 5.75 Å². The molecule has 0 radical (unpaired) electrons. The summed E-state index contributed by atoms with van der Waals surface area (Å²) < 4.78 is 2.18. The minimum absolute atomic E-state index is 0.